The van der Waals surface area contributed by atoms with Crippen molar-refractivity contribution in [2.75, 3.05) is 57.7 Å². The first-order valence-electron chi connectivity index (χ1n) is 15.3. The largest absolute Gasteiger partial charge is 0.369 e. The number of unbranched alkanes of at least 4 members (excludes halogenated alkanes) is 1. The molecule has 0 unspecified atom stereocenters. The topological polar surface area (TPSA) is 47.5 Å². The van der Waals surface area contributed by atoms with Crippen molar-refractivity contribution in [2.45, 2.75) is 38.3 Å². The number of anilines is 1. The number of piperazine rings is 1. The second kappa shape index (κ2) is 14.2. The quantitative estimate of drug-likeness (QED) is 0.184. The molecule has 0 atom stereocenters. The molecule has 1 N–H and O–H groups in total. The Bertz CT molecular complexity index is 1390. The van der Waals surface area contributed by atoms with Gasteiger partial charge in [-0.1, -0.05) is 59.6 Å². The molecular weight excluding hydrogens is 563 g/mol. The highest BCUT2D eigenvalue weighted by atomic mass is 35.5. The molecule has 6 rings (SSSR count). The number of nitrogens with zero attached hydrogens (tertiary/aromatic N) is 5. The van der Waals surface area contributed by atoms with Crippen LogP contribution >= 0.6 is 23.2 Å². The first kappa shape index (κ1) is 29.3. The van der Waals surface area contributed by atoms with E-state index in [0.717, 1.165) is 78.3 Å². The maximum Gasteiger partial charge on any atom is 0.145 e. The molecule has 0 radical (unpaired) electrons. The second-order valence-electron chi connectivity index (χ2n) is 11.5. The third-order valence-electron chi connectivity index (χ3n) is 8.55. The van der Waals surface area contributed by atoms with E-state index >= 15 is 0 Å². The molecule has 0 spiro atoms. The molecule has 0 bridgehead atoms. The highest BCUT2D eigenvalue weighted by molar-refractivity contribution is 6.30. The van der Waals surface area contributed by atoms with Crippen molar-refractivity contribution >= 4 is 39.9 Å². The molecule has 4 aromatic rings. The van der Waals surface area contributed by atoms with Crippen LogP contribution in [0, 0.1) is 0 Å². The number of aromatic nitrogens is 2. The number of nitrogens with one attached hydrogen (secondary N) is 1. The lowest BCUT2D eigenvalue weighted by atomic mass is 9.96. The molecule has 220 valence electrons. The normalized spacial score (nSPS) is 16.9. The van der Waals surface area contributed by atoms with Gasteiger partial charge in [0.2, 0.25) is 0 Å². The van der Waals surface area contributed by atoms with E-state index in [4.69, 9.17) is 33.2 Å². The molecule has 2 fully saturated rings. The summed E-state index contributed by atoms with van der Waals surface area (Å²) in [4.78, 5) is 17.6. The van der Waals surface area contributed by atoms with Crippen LogP contribution in [0.25, 0.3) is 10.9 Å². The van der Waals surface area contributed by atoms with Gasteiger partial charge in [0, 0.05) is 48.2 Å². The Balaban J connectivity index is 1.10. The monoisotopic (exact) mass is 602 g/mol. The predicted molar refractivity (Wildman–Crippen MR) is 175 cm³/mol. The maximum atomic E-state index is 6.22. The van der Waals surface area contributed by atoms with Gasteiger partial charge in [-0.05, 0) is 92.8 Å². The number of hydrogen-bond donors (Lipinski definition) is 1. The summed E-state index contributed by atoms with van der Waals surface area (Å²) >= 11 is 12.4. The average Bonchev–Trinajstić information content (AvgIpc) is 3.53. The first-order chi connectivity index (χ1) is 20.6. The van der Waals surface area contributed by atoms with E-state index in [9.17, 15) is 0 Å². The van der Waals surface area contributed by atoms with E-state index in [0.29, 0.717) is 0 Å². The Hall–Kier alpha value is -2.74. The van der Waals surface area contributed by atoms with E-state index < -0.39 is 0 Å². The van der Waals surface area contributed by atoms with Gasteiger partial charge in [0.25, 0.3) is 0 Å². The number of rotatable bonds is 11. The van der Waals surface area contributed by atoms with Gasteiger partial charge < -0.3 is 10.2 Å². The van der Waals surface area contributed by atoms with Crippen LogP contribution in [-0.2, 0) is 6.54 Å². The van der Waals surface area contributed by atoms with Gasteiger partial charge >= 0.3 is 0 Å². The van der Waals surface area contributed by atoms with Gasteiger partial charge in [0.05, 0.1) is 18.1 Å². The number of hydrogen-bond acceptors (Lipinski definition) is 6. The van der Waals surface area contributed by atoms with E-state index in [1.54, 1.807) is 0 Å². The van der Waals surface area contributed by atoms with Gasteiger partial charge in [0.15, 0.2) is 0 Å². The molecule has 8 heteroatoms. The number of fused-ring (bicyclic) bond motifs is 1. The molecule has 1 aromatic heterocycles. The lowest BCUT2D eigenvalue weighted by Crippen LogP contribution is -2.47. The molecule has 0 amide bonds. The number of para-hydroxylation sites is 1. The Morgan fingerprint density at radius 2 is 1.33 bits per heavy atom. The van der Waals surface area contributed by atoms with Crippen LogP contribution in [0.2, 0.25) is 10.0 Å². The van der Waals surface area contributed by atoms with Crippen molar-refractivity contribution in [3.63, 3.8) is 0 Å². The lowest BCUT2D eigenvalue weighted by molar-refractivity contribution is 0.103. The third-order valence-corrected chi connectivity index (χ3v) is 9.05. The second-order valence-corrected chi connectivity index (χ2v) is 12.4. The molecule has 42 heavy (non-hydrogen) atoms. The fourth-order valence-electron chi connectivity index (χ4n) is 6.29. The summed E-state index contributed by atoms with van der Waals surface area (Å²) in [5.41, 5.74) is 3.49. The van der Waals surface area contributed by atoms with Crippen LogP contribution in [-0.4, -0.2) is 77.0 Å². The van der Waals surface area contributed by atoms with Gasteiger partial charge in [-0.2, -0.15) is 0 Å². The smallest absolute Gasteiger partial charge is 0.145 e. The summed E-state index contributed by atoms with van der Waals surface area (Å²) in [6.07, 6.45) is 5.08. The third kappa shape index (κ3) is 7.42. The molecular formula is C34H40Cl2N6. The van der Waals surface area contributed by atoms with Crippen molar-refractivity contribution in [3.05, 3.63) is 99.8 Å². The molecule has 0 aliphatic carbocycles. The van der Waals surface area contributed by atoms with E-state index in [1.165, 1.54) is 50.0 Å². The summed E-state index contributed by atoms with van der Waals surface area (Å²) in [5, 5.41) is 6.25. The summed E-state index contributed by atoms with van der Waals surface area (Å²) in [6.45, 7) is 9.23. The van der Waals surface area contributed by atoms with Crippen LogP contribution in [0.4, 0.5) is 5.82 Å². The minimum Gasteiger partial charge on any atom is -0.369 e. The lowest BCUT2D eigenvalue weighted by Gasteiger charge is -2.39. The SMILES string of the molecule is Clc1ccc(C(c2ccc(Cl)cc2)N2CCN(Cc3nc(NCCCCN4CCCC4)c4ccccc4n3)CC2)cc1. The maximum absolute atomic E-state index is 6.22. The molecule has 2 saturated heterocycles. The number of benzene rings is 3. The van der Waals surface area contributed by atoms with Crippen LogP contribution in [0.5, 0.6) is 0 Å². The van der Waals surface area contributed by atoms with Crippen molar-refractivity contribution < 1.29 is 0 Å². The van der Waals surface area contributed by atoms with Crippen LogP contribution < -0.4 is 5.32 Å². The molecule has 2 aliphatic heterocycles. The fraction of sp³-hybridized carbons (Fsp3) is 0.412. The molecule has 0 saturated carbocycles. The van der Waals surface area contributed by atoms with Crippen LogP contribution in [0.3, 0.4) is 0 Å². The van der Waals surface area contributed by atoms with Crippen LogP contribution in [0.1, 0.15) is 48.7 Å². The number of halogens is 2. The highest BCUT2D eigenvalue weighted by Crippen LogP contribution is 2.31. The minimum absolute atomic E-state index is 0.153. The zero-order valence-corrected chi connectivity index (χ0v) is 25.7. The summed E-state index contributed by atoms with van der Waals surface area (Å²) in [5.74, 6) is 1.84. The Labute approximate surface area is 259 Å². The van der Waals surface area contributed by atoms with Crippen molar-refractivity contribution in [1.82, 2.24) is 24.7 Å². The molecule has 3 aromatic carbocycles. The van der Waals surface area contributed by atoms with Gasteiger partial charge in [-0.25, -0.2) is 9.97 Å². The minimum atomic E-state index is 0.153. The van der Waals surface area contributed by atoms with Gasteiger partial charge in [-0.15, -0.1) is 0 Å². The zero-order valence-electron chi connectivity index (χ0n) is 24.2. The fourth-order valence-corrected chi connectivity index (χ4v) is 6.54. The standard InChI is InChI=1S/C34H40Cl2N6/c35-28-13-9-26(10-14-28)33(27-11-15-29(36)16-12-27)42-23-21-41(22-24-42)25-32-38-31-8-2-1-7-30(31)34(39-32)37-17-3-4-18-40-19-5-6-20-40/h1-2,7-16,33H,3-6,17-25H2,(H,37,38,39). The first-order valence-corrected chi connectivity index (χ1v) is 16.1. The number of likely N-dealkylation sites (tertiary alicyclic amines) is 1. The van der Waals surface area contributed by atoms with Crippen molar-refractivity contribution in [3.8, 4) is 0 Å². The van der Waals surface area contributed by atoms with Gasteiger partial charge in [0.1, 0.15) is 11.6 Å². The molecule has 6 nitrogen and oxygen atoms in total. The van der Waals surface area contributed by atoms with E-state index in [-0.39, 0.29) is 6.04 Å². The molecule has 2 aliphatic rings. The summed E-state index contributed by atoms with van der Waals surface area (Å²) < 4.78 is 0. The van der Waals surface area contributed by atoms with E-state index in [2.05, 4.69) is 68.5 Å². The van der Waals surface area contributed by atoms with Crippen LogP contribution in [0.15, 0.2) is 72.8 Å². The molecule has 3 heterocycles. The average molecular weight is 604 g/mol. The Morgan fingerprint density at radius 3 is 2.00 bits per heavy atom. The Kier molecular flexibility index (Phi) is 9.89. The predicted octanol–water partition coefficient (Wildman–Crippen LogP) is 7.13. The summed E-state index contributed by atoms with van der Waals surface area (Å²) in [6, 6.07) is 25.0. The van der Waals surface area contributed by atoms with E-state index in [1.807, 2.05) is 24.3 Å². The summed E-state index contributed by atoms with van der Waals surface area (Å²) in [7, 11) is 0. The van der Waals surface area contributed by atoms with Crippen molar-refractivity contribution in [1.29, 1.82) is 0 Å². The van der Waals surface area contributed by atoms with Crippen molar-refractivity contribution in [2.24, 2.45) is 0 Å². The van der Waals surface area contributed by atoms with Gasteiger partial charge in [-0.3, -0.25) is 9.80 Å². The Morgan fingerprint density at radius 1 is 0.690 bits per heavy atom. The highest BCUT2D eigenvalue weighted by Gasteiger charge is 2.27. The zero-order chi connectivity index (χ0) is 28.7.